The lowest BCUT2D eigenvalue weighted by atomic mass is 9.61. The molecule has 0 saturated heterocycles. The maximum absolute atomic E-state index is 6.79. The third kappa shape index (κ3) is 2.92. The average Bonchev–Trinajstić information content (AvgIpc) is 2.68. The maximum Gasteiger partial charge on any atom is 0.0229 e. The van der Waals surface area contributed by atoms with Crippen molar-refractivity contribution in [1.82, 2.24) is 0 Å². The van der Waals surface area contributed by atoms with Gasteiger partial charge in [0, 0.05) is 5.54 Å². The second-order valence-electron chi connectivity index (χ2n) is 6.71. The number of nitrogens with two attached hydrogens (primary N) is 1. The zero-order chi connectivity index (χ0) is 12.5. The van der Waals surface area contributed by atoms with Crippen molar-refractivity contribution in [3.05, 3.63) is 22.4 Å². The highest BCUT2D eigenvalue weighted by Gasteiger charge is 2.43. The highest BCUT2D eigenvalue weighted by molar-refractivity contribution is 7.07. The minimum atomic E-state index is 0.0115. The van der Waals surface area contributed by atoms with Crippen LogP contribution < -0.4 is 5.73 Å². The van der Waals surface area contributed by atoms with Gasteiger partial charge in [-0.1, -0.05) is 33.6 Å². The summed E-state index contributed by atoms with van der Waals surface area (Å²) in [5, 5.41) is 4.41. The van der Waals surface area contributed by atoms with Crippen molar-refractivity contribution in [3.8, 4) is 0 Å². The van der Waals surface area contributed by atoms with Crippen LogP contribution in [0.2, 0.25) is 0 Å². The Kier molecular flexibility index (Phi) is 3.65. The van der Waals surface area contributed by atoms with Crippen molar-refractivity contribution in [2.75, 3.05) is 0 Å². The van der Waals surface area contributed by atoms with E-state index in [0.29, 0.717) is 11.3 Å². The van der Waals surface area contributed by atoms with Gasteiger partial charge in [-0.05, 0) is 53.0 Å². The first-order valence-electron chi connectivity index (χ1n) is 6.72. The minimum Gasteiger partial charge on any atom is -0.325 e. The molecular weight excluding hydrogens is 226 g/mol. The molecule has 2 unspecified atom stereocenters. The smallest absolute Gasteiger partial charge is 0.0229 e. The molecule has 2 heteroatoms. The van der Waals surface area contributed by atoms with Crippen molar-refractivity contribution in [2.24, 2.45) is 17.1 Å². The Hall–Kier alpha value is -0.340. The van der Waals surface area contributed by atoms with E-state index in [-0.39, 0.29) is 5.54 Å². The van der Waals surface area contributed by atoms with Crippen LogP contribution in [0.1, 0.15) is 52.0 Å². The van der Waals surface area contributed by atoms with Crippen molar-refractivity contribution < 1.29 is 0 Å². The molecule has 17 heavy (non-hydrogen) atoms. The molecule has 96 valence electrons. The highest BCUT2D eigenvalue weighted by Crippen LogP contribution is 2.44. The van der Waals surface area contributed by atoms with Gasteiger partial charge in [0.2, 0.25) is 0 Å². The molecule has 1 aliphatic rings. The number of hydrogen-bond donors (Lipinski definition) is 1. The summed E-state index contributed by atoms with van der Waals surface area (Å²) < 4.78 is 0. The first-order chi connectivity index (χ1) is 7.92. The SMILES string of the molecule is CC(C)(C)C1CCCCC1(N)Cc1ccsc1. The van der Waals surface area contributed by atoms with Crippen LogP contribution in [0.5, 0.6) is 0 Å². The van der Waals surface area contributed by atoms with E-state index in [4.69, 9.17) is 5.73 Å². The summed E-state index contributed by atoms with van der Waals surface area (Å²) in [6.45, 7) is 7.04. The molecule has 0 amide bonds. The molecule has 0 aromatic carbocycles. The van der Waals surface area contributed by atoms with Gasteiger partial charge in [0.05, 0.1) is 0 Å². The molecule has 2 rings (SSSR count). The van der Waals surface area contributed by atoms with E-state index in [1.165, 1.54) is 31.2 Å². The van der Waals surface area contributed by atoms with E-state index in [2.05, 4.69) is 37.6 Å². The third-order valence-electron chi connectivity index (χ3n) is 4.24. The minimum absolute atomic E-state index is 0.0115. The van der Waals surface area contributed by atoms with Crippen LogP contribution >= 0.6 is 11.3 Å². The molecule has 0 radical (unpaired) electrons. The predicted octanol–water partition coefficient (Wildman–Crippen LogP) is 4.22. The largest absolute Gasteiger partial charge is 0.325 e. The first-order valence-corrected chi connectivity index (χ1v) is 7.66. The molecular formula is C15H25NS. The van der Waals surface area contributed by atoms with Crippen LogP contribution in [0.25, 0.3) is 0 Å². The van der Waals surface area contributed by atoms with Gasteiger partial charge in [0.1, 0.15) is 0 Å². The summed E-state index contributed by atoms with van der Waals surface area (Å²) in [6.07, 6.45) is 6.19. The van der Waals surface area contributed by atoms with Gasteiger partial charge in [-0.25, -0.2) is 0 Å². The molecule has 2 N–H and O–H groups in total. The molecule has 1 nitrogen and oxygen atoms in total. The van der Waals surface area contributed by atoms with E-state index >= 15 is 0 Å². The van der Waals surface area contributed by atoms with Crippen LogP contribution in [-0.4, -0.2) is 5.54 Å². The Balaban J connectivity index is 2.19. The highest BCUT2D eigenvalue weighted by atomic mass is 32.1. The molecule has 1 fully saturated rings. The first kappa shape index (κ1) is 13.1. The summed E-state index contributed by atoms with van der Waals surface area (Å²) in [5.41, 5.74) is 8.55. The number of hydrogen-bond acceptors (Lipinski definition) is 2. The monoisotopic (exact) mass is 251 g/mol. The van der Waals surface area contributed by atoms with Crippen molar-refractivity contribution >= 4 is 11.3 Å². The van der Waals surface area contributed by atoms with Crippen LogP contribution in [-0.2, 0) is 6.42 Å². The second kappa shape index (κ2) is 4.74. The van der Waals surface area contributed by atoms with Crippen LogP contribution in [0.15, 0.2) is 16.8 Å². The molecule has 1 saturated carbocycles. The Morgan fingerprint density at radius 2 is 2.18 bits per heavy atom. The molecule has 0 spiro atoms. The molecule has 1 aliphatic carbocycles. The Morgan fingerprint density at radius 3 is 2.76 bits per heavy atom. The summed E-state index contributed by atoms with van der Waals surface area (Å²) in [7, 11) is 0. The van der Waals surface area contributed by atoms with E-state index in [1.54, 1.807) is 11.3 Å². The lowest BCUT2D eigenvalue weighted by molar-refractivity contribution is 0.0794. The van der Waals surface area contributed by atoms with E-state index in [9.17, 15) is 0 Å². The Morgan fingerprint density at radius 1 is 1.41 bits per heavy atom. The van der Waals surface area contributed by atoms with Gasteiger partial charge in [-0.2, -0.15) is 11.3 Å². The fraction of sp³-hybridized carbons (Fsp3) is 0.733. The number of rotatable bonds is 2. The molecule has 1 aromatic heterocycles. The van der Waals surface area contributed by atoms with Gasteiger partial charge in [-0.3, -0.25) is 0 Å². The Labute approximate surface area is 109 Å². The van der Waals surface area contributed by atoms with Gasteiger partial charge in [-0.15, -0.1) is 0 Å². The average molecular weight is 251 g/mol. The summed E-state index contributed by atoms with van der Waals surface area (Å²) in [4.78, 5) is 0. The van der Waals surface area contributed by atoms with Gasteiger partial charge in [0.15, 0.2) is 0 Å². The van der Waals surface area contributed by atoms with E-state index in [0.717, 1.165) is 6.42 Å². The normalized spacial score (nSPS) is 30.5. The van der Waals surface area contributed by atoms with E-state index in [1.807, 2.05) is 0 Å². The van der Waals surface area contributed by atoms with E-state index < -0.39 is 0 Å². The van der Waals surface area contributed by atoms with Gasteiger partial charge < -0.3 is 5.73 Å². The molecule has 2 atom stereocenters. The van der Waals surface area contributed by atoms with Crippen molar-refractivity contribution in [2.45, 2.75) is 58.4 Å². The lowest BCUT2D eigenvalue weighted by Crippen LogP contribution is -2.55. The van der Waals surface area contributed by atoms with Crippen molar-refractivity contribution in [3.63, 3.8) is 0 Å². The summed E-state index contributed by atoms with van der Waals surface area (Å²) in [6, 6.07) is 2.23. The molecule has 0 bridgehead atoms. The summed E-state index contributed by atoms with van der Waals surface area (Å²) in [5.74, 6) is 0.642. The molecule has 1 heterocycles. The zero-order valence-electron chi connectivity index (χ0n) is 11.3. The topological polar surface area (TPSA) is 26.0 Å². The quantitative estimate of drug-likeness (QED) is 0.836. The van der Waals surface area contributed by atoms with Gasteiger partial charge >= 0.3 is 0 Å². The van der Waals surface area contributed by atoms with Crippen LogP contribution in [0, 0.1) is 11.3 Å². The fourth-order valence-corrected chi connectivity index (χ4v) is 4.21. The lowest BCUT2D eigenvalue weighted by Gasteiger charge is -2.48. The Bertz CT molecular complexity index is 349. The maximum atomic E-state index is 6.79. The van der Waals surface area contributed by atoms with Crippen LogP contribution in [0.4, 0.5) is 0 Å². The molecule has 1 aromatic rings. The zero-order valence-corrected chi connectivity index (χ0v) is 12.1. The van der Waals surface area contributed by atoms with Crippen molar-refractivity contribution in [1.29, 1.82) is 0 Å². The van der Waals surface area contributed by atoms with Crippen LogP contribution in [0.3, 0.4) is 0 Å². The standard InChI is InChI=1S/C15H25NS/c1-14(2,3)13-6-4-5-8-15(13,16)10-12-7-9-17-11-12/h7,9,11,13H,4-6,8,10,16H2,1-3H3. The second-order valence-corrected chi connectivity index (χ2v) is 7.49. The van der Waals surface area contributed by atoms with Gasteiger partial charge in [0.25, 0.3) is 0 Å². The molecule has 0 aliphatic heterocycles. The third-order valence-corrected chi connectivity index (χ3v) is 4.97. The summed E-state index contributed by atoms with van der Waals surface area (Å²) >= 11 is 1.78. The fourth-order valence-electron chi connectivity index (χ4n) is 3.54. The number of thiophene rings is 1. The predicted molar refractivity (Wildman–Crippen MR) is 76.4 cm³/mol.